The molecule has 0 heterocycles. The smallest absolute Gasteiger partial charge is 0.228 e. The highest BCUT2D eigenvalue weighted by molar-refractivity contribution is 6.42. The molecule has 0 saturated carbocycles. The summed E-state index contributed by atoms with van der Waals surface area (Å²) < 4.78 is 0. The van der Waals surface area contributed by atoms with E-state index in [-0.39, 0.29) is 11.8 Å². The van der Waals surface area contributed by atoms with E-state index in [4.69, 9.17) is 28.9 Å². The summed E-state index contributed by atoms with van der Waals surface area (Å²) in [4.78, 5) is 11.7. The molecule has 3 N–H and O–H groups in total. The molecule has 0 radical (unpaired) electrons. The fourth-order valence-electron chi connectivity index (χ4n) is 1.28. The van der Waals surface area contributed by atoms with Gasteiger partial charge in [0.2, 0.25) is 5.91 Å². The molecule has 0 aromatic heterocycles. The average molecular weight is 261 g/mol. The summed E-state index contributed by atoms with van der Waals surface area (Å²) in [7, 11) is 0. The topological polar surface area (TPSA) is 55.1 Å². The number of nitrogens with two attached hydrogens (primary N) is 1. The quantitative estimate of drug-likeness (QED) is 0.875. The lowest BCUT2D eigenvalue weighted by Crippen LogP contribution is -2.28. The van der Waals surface area contributed by atoms with Gasteiger partial charge in [-0.2, -0.15) is 0 Å². The number of halogens is 2. The Bertz CT molecular complexity index is 378. The van der Waals surface area contributed by atoms with Crippen molar-refractivity contribution in [1.82, 2.24) is 0 Å². The van der Waals surface area contributed by atoms with Crippen molar-refractivity contribution in [3.8, 4) is 0 Å². The zero-order chi connectivity index (χ0) is 12.1. The van der Waals surface area contributed by atoms with Crippen LogP contribution >= 0.6 is 23.2 Å². The third kappa shape index (κ3) is 3.37. The fourth-order valence-corrected chi connectivity index (χ4v) is 1.58. The van der Waals surface area contributed by atoms with Gasteiger partial charge in [-0.15, -0.1) is 0 Å². The third-order valence-electron chi connectivity index (χ3n) is 2.34. The Hall–Kier alpha value is -0.770. The van der Waals surface area contributed by atoms with E-state index in [9.17, 15) is 4.79 Å². The maximum atomic E-state index is 11.7. The van der Waals surface area contributed by atoms with Gasteiger partial charge in [-0.3, -0.25) is 4.79 Å². The van der Waals surface area contributed by atoms with E-state index >= 15 is 0 Å². The van der Waals surface area contributed by atoms with Crippen molar-refractivity contribution >= 4 is 34.8 Å². The Kier molecular flexibility index (Phi) is 5.06. The predicted molar refractivity (Wildman–Crippen MR) is 67.9 cm³/mol. The minimum Gasteiger partial charge on any atom is -0.330 e. The van der Waals surface area contributed by atoms with E-state index in [1.54, 1.807) is 18.2 Å². The molecule has 0 saturated heterocycles. The van der Waals surface area contributed by atoms with E-state index in [1.807, 2.05) is 6.92 Å². The maximum absolute atomic E-state index is 11.7. The summed E-state index contributed by atoms with van der Waals surface area (Å²) in [6, 6.07) is 4.96. The molecular formula is C11H14Cl2N2O. The first-order valence-electron chi connectivity index (χ1n) is 5.04. The highest BCUT2D eigenvalue weighted by Gasteiger charge is 2.14. The van der Waals surface area contributed by atoms with Gasteiger partial charge in [-0.05, 0) is 24.6 Å². The average Bonchev–Trinajstić information content (AvgIpc) is 2.25. The number of benzene rings is 1. The third-order valence-corrected chi connectivity index (χ3v) is 3.07. The molecule has 5 heteroatoms. The molecule has 0 fully saturated rings. The molecule has 1 atom stereocenters. The largest absolute Gasteiger partial charge is 0.330 e. The van der Waals surface area contributed by atoms with E-state index in [1.165, 1.54) is 0 Å². The molecule has 1 rings (SSSR count). The van der Waals surface area contributed by atoms with Gasteiger partial charge >= 0.3 is 0 Å². The minimum atomic E-state index is -0.172. The normalized spacial score (nSPS) is 12.2. The van der Waals surface area contributed by atoms with Crippen LogP contribution in [-0.2, 0) is 4.79 Å². The molecule has 1 amide bonds. The van der Waals surface area contributed by atoms with Crippen LogP contribution in [0.1, 0.15) is 13.3 Å². The molecule has 0 bridgehead atoms. The molecule has 1 aromatic carbocycles. The van der Waals surface area contributed by atoms with Gasteiger partial charge in [-0.1, -0.05) is 30.1 Å². The van der Waals surface area contributed by atoms with Crippen LogP contribution in [0.5, 0.6) is 0 Å². The van der Waals surface area contributed by atoms with Crippen LogP contribution in [-0.4, -0.2) is 12.5 Å². The van der Waals surface area contributed by atoms with Gasteiger partial charge in [-0.25, -0.2) is 0 Å². The standard InChI is InChI=1S/C11H14Cl2N2O/c1-2-7(6-14)11(16)15-8-3-4-9(12)10(13)5-8/h3-5,7H,2,6,14H2,1H3,(H,15,16). The van der Waals surface area contributed by atoms with Gasteiger partial charge in [0, 0.05) is 12.2 Å². The van der Waals surface area contributed by atoms with Crippen molar-refractivity contribution in [3.63, 3.8) is 0 Å². The van der Waals surface area contributed by atoms with Gasteiger partial charge < -0.3 is 11.1 Å². The Labute approximate surface area is 105 Å². The first-order chi connectivity index (χ1) is 7.58. The van der Waals surface area contributed by atoms with Crippen LogP contribution in [0.25, 0.3) is 0 Å². The highest BCUT2D eigenvalue weighted by Crippen LogP contribution is 2.25. The van der Waals surface area contributed by atoms with Gasteiger partial charge in [0.25, 0.3) is 0 Å². The van der Waals surface area contributed by atoms with Crippen molar-refractivity contribution < 1.29 is 4.79 Å². The van der Waals surface area contributed by atoms with Crippen LogP contribution in [0.15, 0.2) is 18.2 Å². The predicted octanol–water partition coefficient (Wildman–Crippen LogP) is 2.92. The fraction of sp³-hybridized carbons (Fsp3) is 0.364. The summed E-state index contributed by atoms with van der Waals surface area (Å²) in [5.41, 5.74) is 6.11. The molecule has 88 valence electrons. The molecule has 0 aliphatic heterocycles. The molecule has 1 unspecified atom stereocenters. The second-order valence-electron chi connectivity index (χ2n) is 3.46. The summed E-state index contributed by atoms with van der Waals surface area (Å²) in [5, 5.41) is 3.63. The molecule has 1 aromatic rings. The summed E-state index contributed by atoms with van der Waals surface area (Å²) in [5.74, 6) is -0.266. The summed E-state index contributed by atoms with van der Waals surface area (Å²) in [6.07, 6.45) is 0.712. The lowest BCUT2D eigenvalue weighted by molar-refractivity contribution is -0.119. The van der Waals surface area contributed by atoms with Gasteiger partial charge in [0.05, 0.1) is 16.0 Å². The SMILES string of the molecule is CCC(CN)C(=O)Nc1ccc(Cl)c(Cl)c1. The zero-order valence-corrected chi connectivity index (χ0v) is 10.5. The lowest BCUT2D eigenvalue weighted by Gasteiger charge is -2.12. The number of carbonyl (C=O) groups excluding carboxylic acids is 1. The molecule has 16 heavy (non-hydrogen) atoms. The van der Waals surface area contributed by atoms with Crippen LogP contribution in [0, 0.1) is 5.92 Å². The van der Waals surface area contributed by atoms with Gasteiger partial charge in [0.15, 0.2) is 0 Å². The van der Waals surface area contributed by atoms with Crippen LogP contribution < -0.4 is 11.1 Å². The number of amides is 1. The number of nitrogens with one attached hydrogen (secondary N) is 1. The Morgan fingerprint density at radius 2 is 2.12 bits per heavy atom. The van der Waals surface area contributed by atoms with Crippen molar-refractivity contribution in [3.05, 3.63) is 28.2 Å². The number of hydrogen-bond acceptors (Lipinski definition) is 2. The van der Waals surface area contributed by atoms with Crippen molar-refractivity contribution in [2.75, 3.05) is 11.9 Å². The molecule has 0 aliphatic rings. The Morgan fingerprint density at radius 1 is 1.44 bits per heavy atom. The number of anilines is 1. The van der Waals surface area contributed by atoms with Crippen molar-refractivity contribution in [2.24, 2.45) is 11.7 Å². The number of hydrogen-bond donors (Lipinski definition) is 2. The van der Waals surface area contributed by atoms with Crippen LogP contribution in [0.4, 0.5) is 5.69 Å². The second-order valence-corrected chi connectivity index (χ2v) is 4.27. The van der Waals surface area contributed by atoms with Crippen LogP contribution in [0.2, 0.25) is 10.0 Å². The van der Waals surface area contributed by atoms with E-state index in [0.29, 0.717) is 28.7 Å². The number of rotatable bonds is 4. The second kappa shape index (κ2) is 6.09. The van der Waals surface area contributed by atoms with Crippen LogP contribution in [0.3, 0.4) is 0 Å². The maximum Gasteiger partial charge on any atom is 0.228 e. The Morgan fingerprint density at radius 3 is 2.62 bits per heavy atom. The van der Waals surface area contributed by atoms with E-state index < -0.39 is 0 Å². The zero-order valence-electron chi connectivity index (χ0n) is 8.97. The summed E-state index contributed by atoms with van der Waals surface area (Å²) in [6.45, 7) is 2.26. The summed E-state index contributed by atoms with van der Waals surface area (Å²) >= 11 is 11.6. The Balaban J connectivity index is 2.73. The molecule has 0 aliphatic carbocycles. The van der Waals surface area contributed by atoms with Crippen molar-refractivity contribution in [1.29, 1.82) is 0 Å². The molecular weight excluding hydrogens is 247 g/mol. The first-order valence-corrected chi connectivity index (χ1v) is 5.80. The van der Waals surface area contributed by atoms with E-state index in [0.717, 1.165) is 0 Å². The first kappa shape index (κ1) is 13.3. The van der Waals surface area contributed by atoms with E-state index in [2.05, 4.69) is 5.32 Å². The van der Waals surface area contributed by atoms with Gasteiger partial charge in [0.1, 0.15) is 0 Å². The molecule has 0 spiro atoms. The van der Waals surface area contributed by atoms with Crippen molar-refractivity contribution in [2.45, 2.75) is 13.3 Å². The minimum absolute atomic E-state index is 0.0941. The number of carbonyl (C=O) groups is 1. The molecule has 3 nitrogen and oxygen atoms in total. The lowest BCUT2D eigenvalue weighted by atomic mass is 10.1. The monoisotopic (exact) mass is 260 g/mol. The highest BCUT2D eigenvalue weighted by atomic mass is 35.5.